The standard InChI is InChI=1S/C10H8N4S2/c11-10-9-8(12-14-13-10)5-7(16-9)4-6-2-1-3-15-6/h1-3,5H,4H2,(H2,11,12,13). The normalized spacial score (nSPS) is 11.0. The molecule has 0 radical (unpaired) electrons. The van der Waals surface area contributed by atoms with E-state index in [0.717, 1.165) is 16.6 Å². The van der Waals surface area contributed by atoms with E-state index >= 15 is 0 Å². The maximum absolute atomic E-state index is 5.74. The van der Waals surface area contributed by atoms with Crippen molar-refractivity contribution in [2.24, 2.45) is 0 Å². The molecular weight excluding hydrogens is 240 g/mol. The fraction of sp³-hybridized carbons (Fsp3) is 0.100. The molecule has 3 heterocycles. The Labute approximate surface area is 99.8 Å². The van der Waals surface area contributed by atoms with Crippen LogP contribution in [-0.2, 0) is 6.42 Å². The van der Waals surface area contributed by atoms with Crippen molar-refractivity contribution in [3.05, 3.63) is 33.3 Å². The molecule has 4 nitrogen and oxygen atoms in total. The molecule has 0 unspecified atom stereocenters. The lowest BCUT2D eigenvalue weighted by Crippen LogP contribution is -1.93. The third kappa shape index (κ3) is 1.66. The lowest BCUT2D eigenvalue weighted by atomic mass is 10.3. The molecule has 80 valence electrons. The maximum atomic E-state index is 5.74. The van der Waals surface area contributed by atoms with Crippen molar-refractivity contribution in [2.45, 2.75) is 6.42 Å². The molecule has 3 aromatic rings. The second-order valence-electron chi connectivity index (χ2n) is 3.36. The van der Waals surface area contributed by atoms with Gasteiger partial charge >= 0.3 is 0 Å². The van der Waals surface area contributed by atoms with Crippen molar-refractivity contribution in [2.75, 3.05) is 5.73 Å². The summed E-state index contributed by atoms with van der Waals surface area (Å²) < 4.78 is 0.932. The van der Waals surface area contributed by atoms with Crippen LogP contribution in [0.1, 0.15) is 9.75 Å². The molecule has 0 aliphatic heterocycles. The van der Waals surface area contributed by atoms with Gasteiger partial charge in [-0.15, -0.1) is 32.9 Å². The van der Waals surface area contributed by atoms with Gasteiger partial charge in [-0.05, 0) is 22.7 Å². The second-order valence-corrected chi connectivity index (χ2v) is 5.53. The van der Waals surface area contributed by atoms with E-state index in [1.807, 2.05) is 6.07 Å². The molecule has 0 aliphatic rings. The molecule has 6 heteroatoms. The molecule has 3 rings (SSSR count). The Morgan fingerprint density at radius 2 is 2.19 bits per heavy atom. The zero-order chi connectivity index (χ0) is 11.0. The number of anilines is 1. The highest BCUT2D eigenvalue weighted by atomic mass is 32.1. The molecule has 0 aliphatic carbocycles. The highest BCUT2D eigenvalue weighted by Gasteiger charge is 2.08. The first-order valence-electron chi connectivity index (χ1n) is 4.72. The number of nitrogens with two attached hydrogens (primary N) is 1. The number of hydrogen-bond donors (Lipinski definition) is 1. The number of rotatable bonds is 2. The van der Waals surface area contributed by atoms with Crippen LogP contribution in [-0.4, -0.2) is 15.4 Å². The summed E-state index contributed by atoms with van der Waals surface area (Å²) in [5, 5.41) is 13.4. The first kappa shape index (κ1) is 9.68. The molecule has 3 aromatic heterocycles. The minimum Gasteiger partial charge on any atom is -0.381 e. The molecule has 16 heavy (non-hydrogen) atoms. The van der Waals surface area contributed by atoms with Gasteiger partial charge in [0, 0.05) is 16.2 Å². The molecule has 0 saturated carbocycles. The van der Waals surface area contributed by atoms with Gasteiger partial charge in [0.2, 0.25) is 0 Å². The molecule has 0 bridgehead atoms. The van der Waals surface area contributed by atoms with Crippen LogP contribution in [0.15, 0.2) is 23.6 Å². The van der Waals surface area contributed by atoms with Gasteiger partial charge in [0.25, 0.3) is 0 Å². The minimum atomic E-state index is 0.465. The Morgan fingerprint density at radius 3 is 2.94 bits per heavy atom. The molecule has 0 fully saturated rings. The smallest absolute Gasteiger partial charge is 0.167 e. The minimum absolute atomic E-state index is 0.465. The Hall–Kier alpha value is -1.53. The Bertz CT molecular complexity index is 615. The van der Waals surface area contributed by atoms with Crippen LogP contribution >= 0.6 is 22.7 Å². The van der Waals surface area contributed by atoms with Gasteiger partial charge in [0.15, 0.2) is 5.82 Å². The van der Waals surface area contributed by atoms with E-state index in [2.05, 4.69) is 32.9 Å². The van der Waals surface area contributed by atoms with E-state index < -0.39 is 0 Å². The fourth-order valence-corrected chi connectivity index (χ4v) is 3.35. The summed E-state index contributed by atoms with van der Waals surface area (Å²) in [5.41, 5.74) is 6.58. The lowest BCUT2D eigenvalue weighted by Gasteiger charge is -1.90. The van der Waals surface area contributed by atoms with Gasteiger partial charge in [-0.1, -0.05) is 6.07 Å². The van der Waals surface area contributed by atoms with Crippen LogP contribution < -0.4 is 5.73 Å². The number of hydrogen-bond acceptors (Lipinski definition) is 6. The lowest BCUT2D eigenvalue weighted by molar-refractivity contribution is 0.905. The summed E-state index contributed by atoms with van der Waals surface area (Å²) >= 11 is 3.39. The molecule has 0 amide bonds. The van der Waals surface area contributed by atoms with E-state index in [9.17, 15) is 0 Å². The van der Waals surface area contributed by atoms with Gasteiger partial charge in [0.05, 0.1) is 4.70 Å². The average molecular weight is 248 g/mol. The number of fused-ring (bicyclic) bond motifs is 1. The molecule has 2 N–H and O–H groups in total. The number of thiophene rings is 2. The van der Waals surface area contributed by atoms with Gasteiger partial charge in [0.1, 0.15) is 5.52 Å². The van der Waals surface area contributed by atoms with Crippen LogP contribution in [0.25, 0.3) is 10.2 Å². The molecular formula is C10H8N4S2. The second kappa shape index (κ2) is 3.80. The number of nitrogens with zero attached hydrogens (tertiary/aromatic N) is 3. The van der Waals surface area contributed by atoms with E-state index in [0.29, 0.717) is 5.82 Å². The first-order valence-corrected chi connectivity index (χ1v) is 6.42. The maximum Gasteiger partial charge on any atom is 0.167 e. The third-order valence-corrected chi connectivity index (χ3v) is 4.25. The fourth-order valence-electron chi connectivity index (χ4n) is 1.52. The zero-order valence-corrected chi connectivity index (χ0v) is 9.88. The zero-order valence-electron chi connectivity index (χ0n) is 8.25. The Balaban J connectivity index is 2.02. The van der Waals surface area contributed by atoms with E-state index in [-0.39, 0.29) is 0 Å². The average Bonchev–Trinajstić information content (AvgIpc) is 2.88. The van der Waals surface area contributed by atoms with E-state index in [4.69, 9.17) is 5.73 Å². The van der Waals surface area contributed by atoms with Crippen LogP contribution in [0.4, 0.5) is 5.82 Å². The van der Waals surface area contributed by atoms with Gasteiger partial charge in [-0.2, -0.15) is 0 Å². The van der Waals surface area contributed by atoms with Crippen LogP contribution in [0.2, 0.25) is 0 Å². The van der Waals surface area contributed by atoms with Crippen molar-refractivity contribution < 1.29 is 0 Å². The largest absolute Gasteiger partial charge is 0.381 e. The Kier molecular flexibility index (Phi) is 2.30. The van der Waals surface area contributed by atoms with Crippen molar-refractivity contribution in [3.63, 3.8) is 0 Å². The quantitative estimate of drug-likeness (QED) is 0.756. The molecule has 0 atom stereocenters. The summed E-state index contributed by atoms with van der Waals surface area (Å²) in [4.78, 5) is 2.58. The van der Waals surface area contributed by atoms with Gasteiger partial charge in [-0.3, -0.25) is 0 Å². The van der Waals surface area contributed by atoms with Gasteiger partial charge in [-0.25, -0.2) is 0 Å². The van der Waals surface area contributed by atoms with Crippen molar-refractivity contribution in [1.29, 1.82) is 0 Å². The summed E-state index contributed by atoms with van der Waals surface area (Å²) in [6, 6.07) is 6.22. The first-order chi connectivity index (χ1) is 7.83. The van der Waals surface area contributed by atoms with Gasteiger partial charge < -0.3 is 5.73 Å². The van der Waals surface area contributed by atoms with E-state index in [1.54, 1.807) is 22.7 Å². The molecule has 0 saturated heterocycles. The van der Waals surface area contributed by atoms with Crippen molar-refractivity contribution in [1.82, 2.24) is 15.4 Å². The number of aromatic nitrogens is 3. The highest BCUT2D eigenvalue weighted by Crippen LogP contribution is 2.29. The predicted molar refractivity (Wildman–Crippen MR) is 66.7 cm³/mol. The topological polar surface area (TPSA) is 64.7 Å². The highest BCUT2D eigenvalue weighted by molar-refractivity contribution is 7.19. The summed E-state index contributed by atoms with van der Waals surface area (Å²) in [7, 11) is 0. The monoisotopic (exact) mass is 248 g/mol. The summed E-state index contributed by atoms with van der Waals surface area (Å²) in [5.74, 6) is 0.465. The predicted octanol–water partition coefficient (Wildman–Crippen LogP) is 2.32. The molecule has 0 spiro atoms. The SMILES string of the molecule is Nc1nnnc2cc(Cc3cccs3)sc12. The third-order valence-electron chi connectivity index (χ3n) is 2.23. The molecule has 0 aromatic carbocycles. The number of nitrogen functional groups attached to an aromatic ring is 1. The summed E-state index contributed by atoms with van der Waals surface area (Å²) in [6.07, 6.45) is 0.929. The van der Waals surface area contributed by atoms with Crippen molar-refractivity contribution >= 4 is 38.7 Å². The summed E-state index contributed by atoms with van der Waals surface area (Å²) in [6.45, 7) is 0. The van der Waals surface area contributed by atoms with Crippen LogP contribution in [0.3, 0.4) is 0 Å². The van der Waals surface area contributed by atoms with Crippen molar-refractivity contribution in [3.8, 4) is 0 Å². The van der Waals surface area contributed by atoms with E-state index in [1.165, 1.54) is 9.75 Å². The van der Waals surface area contributed by atoms with Crippen LogP contribution in [0, 0.1) is 0 Å². The Morgan fingerprint density at radius 1 is 1.25 bits per heavy atom. The van der Waals surface area contributed by atoms with Crippen LogP contribution in [0.5, 0.6) is 0 Å².